The normalized spacial score (nSPS) is 19.8. The summed E-state index contributed by atoms with van der Waals surface area (Å²) in [6.07, 6.45) is 6.09. The van der Waals surface area contributed by atoms with Gasteiger partial charge in [-0.05, 0) is 51.2 Å². The molecule has 0 saturated carbocycles. The highest BCUT2D eigenvalue weighted by molar-refractivity contribution is 5.09. The van der Waals surface area contributed by atoms with Crippen molar-refractivity contribution in [1.29, 1.82) is 0 Å². The van der Waals surface area contributed by atoms with Crippen molar-refractivity contribution < 1.29 is 0 Å². The van der Waals surface area contributed by atoms with Crippen molar-refractivity contribution in [2.24, 2.45) is 5.73 Å². The average molecular weight is 262 g/mol. The zero-order valence-electron chi connectivity index (χ0n) is 12.2. The molecule has 1 aromatic rings. The predicted molar refractivity (Wildman–Crippen MR) is 78.8 cm³/mol. The van der Waals surface area contributed by atoms with Crippen LogP contribution >= 0.6 is 0 Å². The molecule has 0 unspecified atom stereocenters. The standard InChI is InChI=1S/C15H26N4/c1-3-19-9-6-15(13-16,7-10-19)18(2)12-14-5-4-8-17-11-14/h4-5,8,11H,3,6-7,9-10,12-13,16H2,1-2H3. The van der Waals surface area contributed by atoms with Gasteiger partial charge in [0, 0.05) is 31.0 Å². The van der Waals surface area contributed by atoms with Gasteiger partial charge in [-0.2, -0.15) is 0 Å². The van der Waals surface area contributed by atoms with Gasteiger partial charge in [0.1, 0.15) is 0 Å². The number of likely N-dealkylation sites (tertiary alicyclic amines) is 1. The molecule has 2 rings (SSSR count). The van der Waals surface area contributed by atoms with E-state index in [-0.39, 0.29) is 5.54 Å². The monoisotopic (exact) mass is 262 g/mol. The SMILES string of the molecule is CCN1CCC(CN)(N(C)Cc2cccnc2)CC1. The van der Waals surface area contributed by atoms with Gasteiger partial charge < -0.3 is 10.6 Å². The Balaban J connectivity index is 2.01. The van der Waals surface area contributed by atoms with Crippen LogP contribution in [0, 0.1) is 0 Å². The molecule has 0 atom stereocenters. The summed E-state index contributed by atoms with van der Waals surface area (Å²) in [6.45, 7) is 7.36. The quantitative estimate of drug-likeness (QED) is 0.869. The molecule has 2 heterocycles. The Morgan fingerprint density at radius 3 is 2.68 bits per heavy atom. The predicted octanol–water partition coefficient (Wildman–Crippen LogP) is 1.33. The summed E-state index contributed by atoms with van der Waals surface area (Å²) < 4.78 is 0. The Labute approximate surface area is 116 Å². The highest BCUT2D eigenvalue weighted by atomic mass is 15.2. The van der Waals surface area contributed by atoms with Crippen LogP contribution in [0.2, 0.25) is 0 Å². The van der Waals surface area contributed by atoms with E-state index in [2.05, 4.69) is 34.8 Å². The van der Waals surface area contributed by atoms with E-state index in [1.807, 2.05) is 18.5 Å². The van der Waals surface area contributed by atoms with E-state index in [9.17, 15) is 0 Å². The van der Waals surface area contributed by atoms with Crippen LogP contribution in [-0.2, 0) is 6.54 Å². The topological polar surface area (TPSA) is 45.4 Å². The van der Waals surface area contributed by atoms with Crippen molar-refractivity contribution in [3.63, 3.8) is 0 Å². The zero-order valence-corrected chi connectivity index (χ0v) is 12.2. The van der Waals surface area contributed by atoms with E-state index in [0.717, 1.165) is 45.6 Å². The van der Waals surface area contributed by atoms with Crippen LogP contribution in [0.25, 0.3) is 0 Å². The summed E-state index contributed by atoms with van der Waals surface area (Å²) in [6, 6.07) is 4.13. The molecular formula is C15H26N4. The molecule has 19 heavy (non-hydrogen) atoms. The second-order valence-electron chi connectivity index (χ2n) is 5.58. The Kier molecular flexibility index (Phi) is 4.91. The third-order valence-corrected chi connectivity index (χ3v) is 4.57. The lowest BCUT2D eigenvalue weighted by Gasteiger charge is -2.47. The summed E-state index contributed by atoms with van der Waals surface area (Å²) in [7, 11) is 2.20. The van der Waals surface area contributed by atoms with Crippen molar-refractivity contribution in [2.45, 2.75) is 31.8 Å². The van der Waals surface area contributed by atoms with E-state index in [0.29, 0.717) is 0 Å². The summed E-state index contributed by atoms with van der Waals surface area (Å²) in [4.78, 5) is 9.12. The third kappa shape index (κ3) is 3.32. The van der Waals surface area contributed by atoms with E-state index in [4.69, 9.17) is 5.73 Å². The van der Waals surface area contributed by atoms with Crippen LogP contribution in [-0.4, -0.2) is 53.5 Å². The largest absolute Gasteiger partial charge is 0.329 e. The first-order chi connectivity index (χ1) is 9.20. The van der Waals surface area contributed by atoms with Gasteiger partial charge in [0.15, 0.2) is 0 Å². The van der Waals surface area contributed by atoms with Gasteiger partial charge in [0.2, 0.25) is 0 Å². The molecule has 1 aromatic heterocycles. The second kappa shape index (κ2) is 6.46. The number of piperidine rings is 1. The zero-order chi connectivity index (χ0) is 13.7. The van der Waals surface area contributed by atoms with Crippen molar-refractivity contribution in [3.8, 4) is 0 Å². The molecule has 2 N–H and O–H groups in total. The molecule has 0 aliphatic carbocycles. The first kappa shape index (κ1) is 14.4. The molecule has 4 heteroatoms. The molecule has 106 valence electrons. The van der Waals surface area contributed by atoms with Crippen LogP contribution < -0.4 is 5.73 Å². The maximum Gasteiger partial charge on any atom is 0.0356 e. The number of hydrogen-bond donors (Lipinski definition) is 1. The van der Waals surface area contributed by atoms with Crippen LogP contribution in [0.1, 0.15) is 25.3 Å². The number of rotatable bonds is 5. The van der Waals surface area contributed by atoms with Gasteiger partial charge in [-0.25, -0.2) is 0 Å². The number of hydrogen-bond acceptors (Lipinski definition) is 4. The fourth-order valence-corrected chi connectivity index (χ4v) is 2.96. The lowest BCUT2D eigenvalue weighted by atomic mass is 9.85. The van der Waals surface area contributed by atoms with Gasteiger partial charge in [0.25, 0.3) is 0 Å². The van der Waals surface area contributed by atoms with Crippen LogP contribution in [0.3, 0.4) is 0 Å². The maximum absolute atomic E-state index is 6.10. The lowest BCUT2D eigenvalue weighted by Crippen LogP contribution is -2.57. The van der Waals surface area contributed by atoms with Gasteiger partial charge in [0.05, 0.1) is 0 Å². The Hall–Kier alpha value is -0.970. The molecule has 1 saturated heterocycles. The van der Waals surface area contributed by atoms with Crippen LogP contribution in [0.15, 0.2) is 24.5 Å². The summed E-state index contributed by atoms with van der Waals surface area (Å²) in [5.41, 5.74) is 7.52. The first-order valence-electron chi connectivity index (χ1n) is 7.23. The number of nitrogens with zero attached hydrogens (tertiary/aromatic N) is 3. The first-order valence-corrected chi connectivity index (χ1v) is 7.23. The highest BCUT2D eigenvalue weighted by Gasteiger charge is 2.36. The molecular weight excluding hydrogens is 236 g/mol. The lowest BCUT2D eigenvalue weighted by molar-refractivity contribution is 0.0418. The number of aromatic nitrogens is 1. The Morgan fingerprint density at radius 2 is 2.16 bits per heavy atom. The van der Waals surface area contributed by atoms with Crippen LogP contribution in [0.5, 0.6) is 0 Å². The van der Waals surface area contributed by atoms with E-state index in [1.54, 1.807) is 0 Å². The Bertz CT molecular complexity index is 371. The number of nitrogens with two attached hydrogens (primary N) is 1. The fourth-order valence-electron chi connectivity index (χ4n) is 2.96. The number of pyridine rings is 1. The van der Waals surface area contributed by atoms with Crippen molar-refractivity contribution in [3.05, 3.63) is 30.1 Å². The molecule has 1 aliphatic rings. The van der Waals surface area contributed by atoms with Gasteiger partial charge in [-0.3, -0.25) is 9.88 Å². The van der Waals surface area contributed by atoms with Crippen molar-refractivity contribution in [1.82, 2.24) is 14.8 Å². The van der Waals surface area contributed by atoms with E-state index >= 15 is 0 Å². The van der Waals surface area contributed by atoms with Gasteiger partial charge in [-0.1, -0.05) is 13.0 Å². The molecule has 0 amide bonds. The summed E-state index contributed by atoms with van der Waals surface area (Å²) in [5, 5.41) is 0. The van der Waals surface area contributed by atoms with Gasteiger partial charge >= 0.3 is 0 Å². The van der Waals surface area contributed by atoms with E-state index in [1.165, 1.54) is 5.56 Å². The average Bonchev–Trinajstić information content (AvgIpc) is 2.48. The highest BCUT2D eigenvalue weighted by Crippen LogP contribution is 2.28. The minimum Gasteiger partial charge on any atom is -0.329 e. The number of likely N-dealkylation sites (N-methyl/N-ethyl adjacent to an activating group) is 1. The fraction of sp³-hybridized carbons (Fsp3) is 0.667. The molecule has 0 bridgehead atoms. The van der Waals surface area contributed by atoms with Crippen molar-refractivity contribution >= 4 is 0 Å². The Morgan fingerprint density at radius 1 is 1.42 bits per heavy atom. The molecule has 4 nitrogen and oxygen atoms in total. The summed E-state index contributed by atoms with van der Waals surface area (Å²) >= 11 is 0. The molecule has 1 aliphatic heterocycles. The third-order valence-electron chi connectivity index (χ3n) is 4.57. The van der Waals surface area contributed by atoms with E-state index < -0.39 is 0 Å². The summed E-state index contributed by atoms with van der Waals surface area (Å²) in [5.74, 6) is 0. The molecule has 0 aromatic carbocycles. The molecule has 0 radical (unpaired) electrons. The minimum absolute atomic E-state index is 0.154. The second-order valence-corrected chi connectivity index (χ2v) is 5.58. The minimum atomic E-state index is 0.154. The van der Waals surface area contributed by atoms with Crippen LogP contribution in [0.4, 0.5) is 0 Å². The smallest absolute Gasteiger partial charge is 0.0356 e. The van der Waals surface area contributed by atoms with Crippen molar-refractivity contribution in [2.75, 3.05) is 33.2 Å². The molecule has 0 spiro atoms. The maximum atomic E-state index is 6.10. The molecule has 1 fully saturated rings. The van der Waals surface area contributed by atoms with Gasteiger partial charge in [-0.15, -0.1) is 0 Å².